The third-order valence-electron chi connectivity index (χ3n) is 3.64. The standard InChI is InChI=1S/C20H15ClO/c1-14-6-8-15(9-7-14)18-4-2-3-5-19(18)20(22)16-10-12-17(21)13-11-16/h2-13H,1H3. The number of ketones is 1. The maximum Gasteiger partial charge on any atom is 0.193 e. The van der Waals surface area contributed by atoms with Crippen molar-refractivity contribution >= 4 is 17.4 Å². The minimum absolute atomic E-state index is 0.00726. The van der Waals surface area contributed by atoms with Gasteiger partial charge in [-0.3, -0.25) is 4.79 Å². The summed E-state index contributed by atoms with van der Waals surface area (Å²) < 4.78 is 0. The van der Waals surface area contributed by atoms with E-state index in [4.69, 9.17) is 11.6 Å². The van der Waals surface area contributed by atoms with Crippen LogP contribution in [-0.2, 0) is 0 Å². The van der Waals surface area contributed by atoms with Gasteiger partial charge in [0.05, 0.1) is 0 Å². The number of benzene rings is 3. The lowest BCUT2D eigenvalue weighted by Gasteiger charge is -2.09. The van der Waals surface area contributed by atoms with Crippen molar-refractivity contribution < 1.29 is 4.79 Å². The van der Waals surface area contributed by atoms with Gasteiger partial charge in [-0.1, -0.05) is 65.7 Å². The Balaban J connectivity index is 2.06. The van der Waals surface area contributed by atoms with Crippen molar-refractivity contribution in [1.29, 1.82) is 0 Å². The molecule has 3 rings (SSSR count). The summed E-state index contributed by atoms with van der Waals surface area (Å²) in [6, 6.07) is 22.9. The Morgan fingerprint density at radius 3 is 2.14 bits per heavy atom. The molecule has 0 saturated heterocycles. The van der Waals surface area contributed by atoms with Crippen LogP contribution in [0.25, 0.3) is 11.1 Å². The third-order valence-corrected chi connectivity index (χ3v) is 3.89. The number of carbonyl (C=O) groups excluding carboxylic acids is 1. The van der Waals surface area contributed by atoms with Crippen LogP contribution in [0.2, 0.25) is 5.02 Å². The molecule has 22 heavy (non-hydrogen) atoms. The summed E-state index contributed by atoms with van der Waals surface area (Å²) in [6.45, 7) is 2.05. The summed E-state index contributed by atoms with van der Waals surface area (Å²) in [5, 5.41) is 0.628. The average molecular weight is 307 g/mol. The van der Waals surface area contributed by atoms with Crippen molar-refractivity contribution in [3.63, 3.8) is 0 Å². The molecule has 0 aliphatic heterocycles. The van der Waals surface area contributed by atoms with Crippen LogP contribution in [0.4, 0.5) is 0 Å². The fraction of sp³-hybridized carbons (Fsp3) is 0.0500. The van der Waals surface area contributed by atoms with Crippen molar-refractivity contribution in [1.82, 2.24) is 0 Å². The van der Waals surface area contributed by atoms with Crippen LogP contribution in [-0.4, -0.2) is 5.78 Å². The Hall–Kier alpha value is -2.38. The lowest BCUT2D eigenvalue weighted by atomic mass is 9.93. The van der Waals surface area contributed by atoms with Crippen molar-refractivity contribution in [3.8, 4) is 11.1 Å². The Morgan fingerprint density at radius 1 is 0.818 bits per heavy atom. The molecule has 0 bridgehead atoms. The predicted octanol–water partition coefficient (Wildman–Crippen LogP) is 5.55. The van der Waals surface area contributed by atoms with Gasteiger partial charge in [0, 0.05) is 16.1 Å². The molecule has 0 amide bonds. The van der Waals surface area contributed by atoms with Gasteiger partial charge >= 0.3 is 0 Å². The summed E-state index contributed by atoms with van der Waals surface area (Å²) in [4.78, 5) is 12.8. The number of rotatable bonds is 3. The summed E-state index contributed by atoms with van der Waals surface area (Å²) in [5.74, 6) is 0.00726. The Kier molecular flexibility index (Phi) is 4.08. The highest BCUT2D eigenvalue weighted by Crippen LogP contribution is 2.26. The van der Waals surface area contributed by atoms with E-state index < -0.39 is 0 Å². The number of hydrogen-bond donors (Lipinski definition) is 0. The zero-order valence-corrected chi connectivity index (χ0v) is 13.0. The predicted molar refractivity (Wildman–Crippen MR) is 91.5 cm³/mol. The summed E-state index contributed by atoms with van der Waals surface area (Å²) in [5.41, 5.74) is 4.54. The summed E-state index contributed by atoms with van der Waals surface area (Å²) in [6.07, 6.45) is 0. The lowest BCUT2D eigenvalue weighted by molar-refractivity contribution is 0.103. The first-order valence-electron chi connectivity index (χ1n) is 7.11. The molecule has 0 aromatic heterocycles. The molecule has 3 aromatic carbocycles. The Labute approximate surface area is 135 Å². The second-order valence-corrected chi connectivity index (χ2v) is 5.68. The van der Waals surface area contributed by atoms with Gasteiger partial charge in [-0.05, 0) is 42.3 Å². The molecule has 0 saturated carbocycles. The van der Waals surface area contributed by atoms with E-state index in [9.17, 15) is 4.79 Å². The first-order chi connectivity index (χ1) is 10.6. The highest BCUT2D eigenvalue weighted by molar-refractivity contribution is 6.30. The molecule has 0 aliphatic rings. The van der Waals surface area contributed by atoms with Gasteiger partial charge in [0.2, 0.25) is 0 Å². The highest BCUT2D eigenvalue weighted by Gasteiger charge is 2.14. The molecular formula is C20H15ClO. The molecule has 0 N–H and O–H groups in total. The smallest absolute Gasteiger partial charge is 0.193 e. The van der Waals surface area contributed by atoms with Gasteiger partial charge in [0.15, 0.2) is 5.78 Å². The molecule has 0 fully saturated rings. The molecule has 0 radical (unpaired) electrons. The van der Waals surface area contributed by atoms with Gasteiger partial charge < -0.3 is 0 Å². The molecule has 2 heteroatoms. The maximum absolute atomic E-state index is 12.8. The van der Waals surface area contributed by atoms with Crippen LogP contribution in [0.3, 0.4) is 0 Å². The first-order valence-corrected chi connectivity index (χ1v) is 7.49. The molecule has 0 heterocycles. The molecule has 108 valence electrons. The van der Waals surface area contributed by atoms with Crippen molar-refractivity contribution in [2.45, 2.75) is 6.92 Å². The monoisotopic (exact) mass is 306 g/mol. The summed E-state index contributed by atoms with van der Waals surface area (Å²) >= 11 is 5.89. The number of hydrogen-bond acceptors (Lipinski definition) is 1. The lowest BCUT2D eigenvalue weighted by Crippen LogP contribution is -2.03. The van der Waals surface area contributed by atoms with Gasteiger partial charge in [0.25, 0.3) is 0 Å². The SMILES string of the molecule is Cc1ccc(-c2ccccc2C(=O)c2ccc(Cl)cc2)cc1. The van der Waals surface area contributed by atoms with Gasteiger partial charge in [-0.25, -0.2) is 0 Å². The van der Waals surface area contributed by atoms with E-state index in [1.54, 1.807) is 24.3 Å². The topological polar surface area (TPSA) is 17.1 Å². The maximum atomic E-state index is 12.8. The fourth-order valence-electron chi connectivity index (χ4n) is 2.42. The minimum atomic E-state index is 0.00726. The van der Waals surface area contributed by atoms with Crippen LogP contribution in [0.1, 0.15) is 21.5 Å². The van der Waals surface area contributed by atoms with Crippen molar-refractivity contribution in [2.24, 2.45) is 0 Å². The van der Waals surface area contributed by atoms with E-state index in [0.717, 1.165) is 11.1 Å². The summed E-state index contributed by atoms with van der Waals surface area (Å²) in [7, 11) is 0. The second-order valence-electron chi connectivity index (χ2n) is 5.25. The molecule has 0 aliphatic carbocycles. The quantitative estimate of drug-likeness (QED) is 0.580. The second kappa shape index (κ2) is 6.17. The van der Waals surface area contributed by atoms with Crippen LogP contribution in [0.15, 0.2) is 72.8 Å². The Morgan fingerprint density at radius 2 is 1.45 bits per heavy atom. The minimum Gasteiger partial charge on any atom is -0.289 e. The molecule has 1 nitrogen and oxygen atoms in total. The number of carbonyl (C=O) groups is 1. The largest absolute Gasteiger partial charge is 0.289 e. The third kappa shape index (κ3) is 2.95. The van der Waals surface area contributed by atoms with Crippen LogP contribution in [0, 0.1) is 6.92 Å². The number of aryl methyl sites for hydroxylation is 1. The first kappa shape index (κ1) is 14.6. The average Bonchev–Trinajstić information content (AvgIpc) is 2.56. The van der Waals surface area contributed by atoms with Crippen molar-refractivity contribution in [3.05, 3.63) is 94.5 Å². The van der Waals surface area contributed by atoms with E-state index in [1.165, 1.54) is 5.56 Å². The van der Waals surface area contributed by atoms with Crippen molar-refractivity contribution in [2.75, 3.05) is 0 Å². The van der Waals surface area contributed by atoms with E-state index in [2.05, 4.69) is 19.1 Å². The molecule has 0 unspecified atom stereocenters. The molecule has 0 atom stereocenters. The number of halogens is 1. The Bertz CT molecular complexity index is 802. The van der Waals surface area contributed by atoms with E-state index in [1.807, 2.05) is 36.4 Å². The van der Waals surface area contributed by atoms with Crippen LogP contribution < -0.4 is 0 Å². The zero-order valence-electron chi connectivity index (χ0n) is 12.2. The zero-order chi connectivity index (χ0) is 15.5. The fourth-order valence-corrected chi connectivity index (χ4v) is 2.55. The normalized spacial score (nSPS) is 10.5. The highest BCUT2D eigenvalue weighted by atomic mass is 35.5. The molecule has 3 aromatic rings. The molecule has 0 spiro atoms. The van der Waals surface area contributed by atoms with E-state index >= 15 is 0 Å². The van der Waals surface area contributed by atoms with Gasteiger partial charge in [-0.2, -0.15) is 0 Å². The van der Waals surface area contributed by atoms with E-state index in [0.29, 0.717) is 16.1 Å². The van der Waals surface area contributed by atoms with Crippen LogP contribution in [0.5, 0.6) is 0 Å². The molecular weight excluding hydrogens is 292 g/mol. The van der Waals surface area contributed by atoms with Gasteiger partial charge in [0.1, 0.15) is 0 Å². The van der Waals surface area contributed by atoms with Crippen LogP contribution >= 0.6 is 11.6 Å². The van der Waals surface area contributed by atoms with E-state index in [-0.39, 0.29) is 5.78 Å². The van der Waals surface area contributed by atoms with Gasteiger partial charge in [-0.15, -0.1) is 0 Å².